The first kappa shape index (κ1) is 15.8. The fourth-order valence-electron chi connectivity index (χ4n) is 2.73. The highest BCUT2D eigenvalue weighted by Gasteiger charge is 2.28. The summed E-state index contributed by atoms with van der Waals surface area (Å²) in [4.78, 5) is 25.5. The Labute approximate surface area is 148 Å². The van der Waals surface area contributed by atoms with Crippen molar-refractivity contribution in [3.05, 3.63) is 42.5 Å². The second-order valence-electron chi connectivity index (χ2n) is 5.70. The van der Waals surface area contributed by atoms with Crippen molar-refractivity contribution in [1.82, 2.24) is 0 Å². The Morgan fingerprint density at radius 2 is 1.96 bits per heavy atom. The molecule has 0 spiro atoms. The molecule has 2 aliphatic heterocycles. The SMILES string of the molecule is O=C(C[C@H]1Sc2ccccc2NC1=O)Nc1ccc2c(c1)OCCO2. The average molecular weight is 356 g/mol. The van der Waals surface area contributed by atoms with E-state index in [1.807, 2.05) is 24.3 Å². The monoisotopic (exact) mass is 356 g/mol. The van der Waals surface area contributed by atoms with Crippen molar-refractivity contribution in [3.8, 4) is 11.5 Å². The van der Waals surface area contributed by atoms with Crippen LogP contribution in [-0.2, 0) is 9.59 Å². The molecule has 6 nitrogen and oxygen atoms in total. The van der Waals surface area contributed by atoms with Crippen molar-refractivity contribution in [2.24, 2.45) is 0 Å². The van der Waals surface area contributed by atoms with Gasteiger partial charge in [0.1, 0.15) is 13.2 Å². The summed E-state index contributed by atoms with van der Waals surface area (Å²) in [6, 6.07) is 12.8. The van der Waals surface area contributed by atoms with Gasteiger partial charge in [0.2, 0.25) is 11.8 Å². The lowest BCUT2D eigenvalue weighted by molar-refractivity contribution is -0.120. The van der Waals surface area contributed by atoms with Gasteiger partial charge >= 0.3 is 0 Å². The summed E-state index contributed by atoms with van der Waals surface area (Å²) in [6.07, 6.45) is 0.0965. The van der Waals surface area contributed by atoms with Crippen LogP contribution in [0.25, 0.3) is 0 Å². The van der Waals surface area contributed by atoms with Crippen LogP contribution in [-0.4, -0.2) is 30.3 Å². The van der Waals surface area contributed by atoms with E-state index in [9.17, 15) is 9.59 Å². The summed E-state index contributed by atoms with van der Waals surface area (Å²) in [5, 5.41) is 5.21. The first-order chi connectivity index (χ1) is 12.2. The van der Waals surface area contributed by atoms with Crippen LogP contribution >= 0.6 is 11.8 Å². The molecule has 0 saturated heterocycles. The highest BCUT2D eigenvalue weighted by molar-refractivity contribution is 8.01. The van der Waals surface area contributed by atoms with Crippen LogP contribution in [0.15, 0.2) is 47.4 Å². The molecule has 0 radical (unpaired) electrons. The number of carbonyl (C=O) groups is 2. The Bertz CT molecular complexity index is 840. The number of benzene rings is 2. The van der Waals surface area contributed by atoms with Crippen LogP contribution < -0.4 is 20.1 Å². The van der Waals surface area contributed by atoms with Crippen molar-refractivity contribution >= 4 is 35.0 Å². The molecule has 1 atom stereocenters. The maximum atomic E-state index is 12.3. The second kappa shape index (κ2) is 6.68. The largest absolute Gasteiger partial charge is 0.486 e. The first-order valence-corrected chi connectivity index (χ1v) is 8.83. The van der Waals surface area contributed by atoms with Gasteiger partial charge < -0.3 is 20.1 Å². The number of nitrogens with one attached hydrogen (secondary N) is 2. The quantitative estimate of drug-likeness (QED) is 0.884. The van der Waals surface area contributed by atoms with Crippen LogP contribution in [0.1, 0.15) is 6.42 Å². The van der Waals surface area contributed by atoms with Crippen molar-refractivity contribution in [2.45, 2.75) is 16.6 Å². The second-order valence-corrected chi connectivity index (χ2v) is 6.95. The third-order valence-corrected chi connectivity index (χ3v) is 5.18. The molecule has 2 heterocycles. The number of rotatable bonds is 3. The van der Waals surface area contributed by atoms with Crippen LogP contribution in [0.2, 0.25) is 0 Å². The van der Waals surface area contributed by atoms with Crippen molar-refractivity contribution in [3.63, 3.8) is 0 Å². The molecule has 2 aliphatic rings. The number of thioether (sulfide) groups is 1. The minimum Gasteiger partial charge on any atom is -0.486 e. The Kier molecular flexibility index (Phi) is 4.23. The van der Waals surface area contributed by atoms with E-state index in [0.717, 1.165) is 10.6 Å². The minimum absolute atomic E-state index is 0.0965. The van der Waals surface area contributed by atoms with E-state index in [4.69, 9.17) is 9.47 Å². The molecule has 7 heteroatoms. The maximum absolute atomic E-state index is 12.3. The average Bonchev–Trinajstić information content (AvgIpc) is 2.62. The van der Waals surface area contributed by atoms with E-state index < -0.39 is 5.25 Å². The summed E-state index contributed by atoms with van der Waals surface area (Å²) in [5.74, 6) is 0.913. The zero-order valence-electron chi connectivity index (χ0n) is 13.3. The summed E-state index contributed by atoms with van der Waals surface area (Å²) in [6.45, 7) is 1.01. The molecule has 0 aromatic heterocycles. The zero-order valence-corrected chi connectivity index (χ0v) is 14.1. The Hall–Kier alpha value is -2.67. The summed E-state index contributed by atoms with van der Waals surface area (Å²) < 4.78 is 11.0. The molecule has 128 valence electrons. The Balaban J connectivity index is 1.42. The zero-order chi connectivity index (χ0) is 17.2. The third-order valence-electron chi connectivity index (χ3n) is 3.90. The van der Waals surface area contributed by atoms with E-state index in [-0.39, 0.29) is 18.2 Å². The number of ether oxygens (including phenoxy) is 2. The van der Waals surface area contributed by atoms with Gasteiger partial charge in [-0.15, -0.1) is 11.8 Å². The highest BCUT2D eigenvalue weighted by Crippen LogP contribution is 2.37. The maximum Gasteiger partial charge on any atom is 0.238 e. The summed E-state index contributed by atoms with van der Waals surface area (Å²) in [5.41, 5.74) is 1.41. The van der Waals surface area contributed by atoms with Gasteiger partial charge in [-0.2, -0.15) is 0 Å². The standard InChI is InChI=1S/C18H16N2O4S/c21-17(19-11-5-6-13-14(9-11)24-8-7-23-13)10-16-18(22)20-12-3-1-2-4-15(12)25-16/h1-6,9,16H,7-8,10H2,(H,19,21)(H,20,22)/t16-/m1/s1. The fourth-order valence-corrected chi connectivity index (χ4v) is 3.84. The fraction of sp³-hybridized carbons (Fsp3) is 0.222. The topological polar surface area (TPSA) is 76.7 Å². The van der Waals surface area contributed by atoms with E-state index in [0.29, 0.717) is 30.4 Å². The van der Waals surface area contributed by atoms with Crippen LogP contribution in [0, 0.1) is 0 Å². The van der Waals surface area contributed by atoms with E-state index in [1.54, 1.807) is 18.2 Å². The molecule has 2 amide bonds. The molecular weight excluding hydrogens is 340 g/mol. The normalized spacial score (nSPS) is 18.1. The number of hydrogen-bond donors (Lipinski definition) is 2. The number of carbonyl (C=O) groups excluding carboxylic acids is 2. The van der Waals surface area contributed by atoms with Gasteiger partial charge in [-0.1, -0.05) is 12.1 Å². The van der Waals surface area contributed by atoms with Gasteiger partial charge in [0, 0.05) is 23.1 Å². The van der Waals surface area contributed by atoms with Crippen LogP contribution in [0.3, 0.4) is 0 Å². The van der Waals surface area contributed by atoms with Crippen LogP contribution in [0.4, 0.5) is 11.4 Å². The van der Waals surface area contributed by atoms with Gasteiger partial charge in [0.25, 0.3) is 0 Å². The van der Waals surface area contributed by atoms with Crippen LogP contribution in [0.5, 0.6) is 11.5 Å². The lowest BCUT2D eigenvalue weighted by atomic mass is 10.2. The Morgan fingerprint density at radius 3 is 2.84 bits per heavy atom. The smallest absolute Gasteiger partial charge is 0.238 e. The molecule has 0 saturated carbocycles. The number of fused-ring (bicyclic) bond motifs is 2. The summed E-state index contributed by atoms with van der Waals surface area (Å²) in [7, 11) is 0. The minimum atomic E-state index is -0.452. The first-order valence-electron chi connectivity index (χ1n) is 7.95. The molecule has 4 rings (SSSR count). The Morgan fingerprint density at radius 1 is 1.16 bits per heavy atom. The number of para-hydroxylation sites is 1. The van der Waals surface area contributed by atoms with E-state index in [2.05, 4.69) is 10.6 Å². The summed E-state index contributed by atoms with van der Waals surface area (Å²) >= 11 is 1.41. The van der Waals surface area contributed by atoms with Gasteiger partial charge in [-0.3, -0.25) is 9.59 Å². The van der Waals surface area contributed by atoms with Gasteiger partial charge in [0.05, 0.1) is 10.9 Å². The lowest BCUT2D eigenvalue weighted by Crippen LogP contribution is -2.32. The molecule has 2 N–H and O–H groups in total. The van der Waals surface area contributed by atoms with Crippen molar-refractivity contribution in [2.75, 3.05) is 23.8 Å². The predicted octanol–water partition coefficient (Wildman–Crippen LogP) is 2.90. The third kappa shape index (κ3) is 3.41. The molecule has 2 aromatic carbocycles. The number of hydrogen-bond acceptors (Lipinski definition) is 5. The van der Waals surface area contributed by atoms with E-state index in [1.165, 1.54) is 11.8 Å². The molecule has 25 heavy (non-hydrogen) atoms. The highest BCUT2D eigenvalue weighted by atomic mass is 32.2. The molecule has 0 bridgehead atoms. The number of amides is 2. The number of anilines is 2. The van der Waals surface area contributed by atoms with Gasteiger partial charge in [0.15, 0.2) is 11.5 Å². The molecule has 0 unspecified atom stereocenters. The lowest BCUT2D eigenvalue weighted by Gasteiger charge is -2.23. The molecule has 2 aromatic rings. The molecular formula is C18H16N2O4S. The van der Waals surface area contributed by atoms with Gasteiger partial charge in [-0.25, -0.2) is 0 Å². The van der Waals surface area contributed by atoms with Crippen molar-refractivity contribution < 1.29 is 19.1 Å². The van der Waals surface area contributed by atoms with Gasteiger partial charge in [-0.05, 0) is 24.3 Å². The molecule has 0 aliphatic carbocycles. The van der Waals surface area contributed by atoms with Crippen molar-refractivity contribution in [1.29, 1.82) is 0 Å². The predicted molar refractivity (Wildman–Crippen MR) is 95.4 cm³/mol. The van der Waals surface area contributed by atoms with E-state index >= 15 is 0 Å². The molecule has 0 fully saturated rings.